The van der Waals surface area contributed by atoms with Crippen molar-refractivity contribution in [2.45, 2.75) is 75.3 Å². The topological polar surface area (TPSA) is 58.2 Å². The summed E-state index contributed by atoms with van der Waals surface area (Å²) in [7, 11) is 0. The van der Waals surface area contributed by atoms with Gasteiger partial charge in [0.05, 0.1) is 18.8 Å². The van der Waals surface area contributed by atoms with Gasteiger partial charge in [0.25, 0.3) is 0 Å². The molecule has 0 radical (unpaired) electrons. The van der Waals surface area contributed by atoms with Crippen molar-refractivity contribution in [3.05, 3.63) is 53.9 Å². The van der Waals surface area contributed by atoms with Crippen LogP contribution in [-0.2, 0) is 9.53 Å². The molecule has 5 rings (SSSR count). The van der Waals surface area contributed by atoms with E-state index in [-0.39, 0.29) is 12.0 Å². The molecule has 2 saturated carbocycles. The Morgan fingerprint density at radius 3 is 2.53 bits per heavy atom. The number of piperidine rings is 1. The van der Waals surface area contributed by atoms with Gasteiger partial charge >= 0.3 is 0 Å². The van der Waals surface area contributed by atoms with E-state index in [2.05, 4.69) is 51.5 Å². The van der Waals surface area contributed by atoms with E-state index in [1.165, 1.54) is 18.4 Å². The van der Waals surface area contributed by atoms with Crippen molar-refractivity contribution in [1.82, 2.24) is 15.1 Å². The summed E-state index contributed by atoms with van der Waals surface area (Å²) in [6.07, 6.45) is 11.0. The Bertz CT molecular complexity index is 810. The number of carbonyl (C=O) groups is 1. The van der Waals surface area contributed by atoms with Crippen LogP contribution in [0.1, 0.15) is 74.5 Å². The second-order valence-corrected chi connectivity index (χ2v) is 9.35. The highest BCUT2D eigenvalue weighted by atomic mass is 16.5. The van der Waals surface area contributed by atoms with Crippen LogP contribution in [0.15, 0.2) is 42.6 Å². The molecule has 30 heavy (non-hydrogen) atoms. The summed E-state index contributed by atoms with van der Waals surface area (Å²) in [5, 5.41) is 7.33. The second kappa shape index (κ2) is 8.93. The monoisotopic (exact) mass is 407 g/mol. The fourth-order valence-corrected chi connectivity index (χ4v) is 5.46. The number of aromatic nitrogens is 2. The summed E-state index contributed by atoms with van der Waals surface area (Å²) >= 11 is 0. The van der Waals surface area contributed by atoms with E-state index in [0.29, 0.717) is 30.5 Å². The molecule has 2 heterocycles. The van der Waals surface area contributed by atoms with Crippen molar-refractivity contribution >= 4 is 5.91 Å². The molecule has 1 N–H and O–H groups in total. The van der Waals surface area contributed by atoms with Crippen molar-refractivity contribution in [2.24, 2.45) is 5.92 Å². The van der Waals surface area contributed by atoms with E-state index >= 15 is 0 Å². The number of carbonyl (C=O) groups excluding carboxylic acids is 1. The van der Waals surface area contributed by atoms with Crippen LogP contribution in [-0.4, -0.2) is 46.3 Å². The zero-order chi connectivity index (χ0) is 20.3. The van der Waals surface area contributed by atoms with E-state index < -0.39 is 0 Å². The van der Waals surface area contributed by atoms with Gasteiger partial charge in [0.15, 0.2) is 0 Å². The molecule has 2 aliphatic carbocycles. The zero-order valence-electron chi connectivity index (χ0n) is 17.7. The third-order valence-corrected chi connectivity index (χ3v) is 7.36. The van der Waals surface area contributed by atoms with Gasteiger partial charge in [-0.2, -0.15) is 5.10 Å². The highest BCUT2D eigenvalue weighted by Gasteiger charge is 2.41. The Labute approximate surface area is 179 Å². The molecule has 0 bridgehead atoms. The number of rotatable bonds is 6. The predicted molar refractivity (Wildman–Crippen MR) is 116 cm³/mol. The van der Waals surface area contributed by atoms with E-state index in [9.17, 15) is 4.79 Å². The van der Waals surface area contributed by atoms with E-state index in [4.69, 9.17) is 4.74 Å². The molecule has 1 aliphatic heterocycles. The molecule has 1 aromatic heterocycles. The van der Waals surface area contributed by atoms with E-state index in [0.717, 1.165) is 50.8 Å². The number of amides is 1. The first kappa shape index (κ1) is 19.8. The number of hydrogen-bond acceptors (Lipinski definition) is 3. The van der Waals surface area contributed by atoms with Gasteiger partial charge in [0.1, 0.15) is 0 Å². The van der Waals surface area contributed by atoms with Crippen molar-refractivity contribution in [3.63, 3.8) is 0 Å². The second-order valence-electron chi connectivity index (χ2n) is 9.35. The lowest BCUT2D eigenvalue weighted by Gasteiger charge is -2.42. The fourth-order valence-electron chi connectivity index (χ4n) is 5.46. The molecule has 0 spiro atoms. The maximum Gasteiger partial charge on any atom is 0.226 e. The maximum absolute atomic E-state index is 13.0. The van der Waals surface area contributed by atoms with Crippen LogP contribution >= 0.6 is 0 Å². The first-order valence-corrected chi connectivity index (χ1v) is 11.8. The summed E-state index contributed by atoms with van der Waals surface area (Å²) in [4.78, 5) is 15.1. The minimum absolute atomic E-state index is 0.124. The van der Waals surface area contributed by atoms with Crippen LogP contribution in [0.2, 0.25) is 0 Å². The molecule has 0 unspecified atom stereocenters. The molecule has 3 aliphatic rings. The van der Waals surface area contributed by atoms with Crippen molar-refractivity contribution < 1.29 is 9.53 Å². The van der Waals surface area contributed by atoms with Crippen LogP contribution in [0.5, 0.6) is 0 Å². The maximum atomic E-state index is 13.0. The number of nitrogens with zero attached hydrogens (tertiary/aromatic N) is 2. The third-order valence-electron chi connectivity index (χ3n) is 7.36. The van der Waals surface area contributed by atoms with Gasteiger partial charge in [0.2, 0.25) is 5.91 Å². The molecule has 1 amide bonds. The van der Waals surface area contributed by atoms with Crippen molar-refractivity contribution in [2.75, 3.05) is 13.2 Å². The molecular formula is C25H33N3O2. The highest BCUT2D eigenvalue weighted by molar-refractivity contribution is 5.81. The smallest absolute Gasteiger partial charge is 0.226 e. The van der Waals surface area contributed by atoms with Gasteiger partial charge < -0.3 is 9.64 Å². The van der Waals surface area contributed by atoms with Crippen LogP contribution in [0.4, 0.5) is 0 Å². The molecular weight excluding hydrogens is 374 g/mol. The molecule has 1 saturated heterocycles. The number of hydrogen-bond donors (Lipinski definition) is 1. The summed E-state index contributed by atoms with van der Waals surface area (Å²) in [5.41, 5.74) is 2.61. The Hall–Kier alpha value is -2.14. The Balaban J connectivity index is 1.22. The average Bonchev–Trinajstić information content (AvgIpc) is 3.52. The highest BCUT2D eigenvalue weighted by Crippen LogP contribution is 2.39. The molecule has 1 aromatic carbocycles. The fraction of sp³-hybridized carbons (Fsp3) is 0.600. The minimum Gasteiger partial charge on any atom is -0.376 e. The van der Waals surface area contributed by atoms with Gasteiger partial charge in [-0.25, -0.2) is 0 Å². The van der Waals surface area contributed by atoms with Crippen LogP contribution in [0.3, 0.4) is 0 Å². The number of H-pyrrole nitrogens is 1. The van der Waals surface area contributed by atoms with Crippen LogP contribution in [0, 0.1) is 5.92 Å². The zero-order valence-corrected chi connectivity index (χ0v) is 17.7. The molecule has 5 nitrogen and oxygen atoms in total. The third kappa shape index (κ3) is 4.31. The van der Waals surface area contributed by atoms with Gasteiger partial charge in [0, 0.05) is 30.3 Å². The molecule has 2 atom stereocenters. The average molecular weight is 408 g/mol. The number of likely N-dealkylation sites (tertiary alicyclic amines) is 1. The minimum atomic E-state index is 0.124. The first-order chi connectivity index (χ1) is 14.8. The largest absolute Gasteiger partial charge is 0.376 e. The van der Waals surface area contributed by atoms with E-state index in [1.807, 2.05) is 6.20 Å². The lowest BCUT2D eigenvalue weighted by molar-refractivity contribution is -0.139. The van der Waals surface area contributed by atoms with Crippen molar-refractivity contribution in [3.8, 4) is 0 Å². The number of ether oxygens (including phenoxy) is 1. The first-order valence-electron chi connectivity index (χ1n) is 11.8. The summed E-state index contributed by atoms with van der Waals surface area (Å²) < 4.78 is 6.49. The molecule has 3 fully saturated rings. The number of benzene rings is 1. The quantitative estimate of drug-likeness (QED) is 0.759. The van der Waals surface area contributed by atoms with Crippen molar-refractivity contribution in [1.29, 1.82) is 0 Å². The van der Waals surface area contributed by atoms with Gasteiger partial charge in [-0.3, -0.25) is 9.89 Å². The standard InChI is InChI=1S/C25H33N3O2/c29-25(20-8-9-20)28-16-4-7-22(23-14-15-26-27-23)24(28)17-30-21-12-10-19(11-13-21)18-5-2-1-3-6-18/h1-3,5-6,14-15,19-22,24H,4,7-13,16-17H2,(H,26,27)/t19?,21?,22-,24+/m1/s1. The Morgan fingerprint density at radius 2 is 1.83 bits per heavy atom. The normalized spacial score (nSPS) is 29.7. The van der Waals surface area contributed by atoms with Crippen LogP contribution in [0.25, 0.3) is 0 Å². The van der Waals surface area contributed by atoms with Gasteiger partial charge in [-0.05, 0) is 68.9 Å². The number of aromatic amines is 1. The predicted octanol–water partition coefficient (Wildman–Crippen LogP) is 4.64. The summed E-state index contributed by atoms with van der Waals surface area (Å²) in [5.74, 6) is 1.56. The molecule has 5 heteroatoms. The van der Waals surface area contributed by atoms with E-state index in [1.54, 1.807) is 0 Å². The summed E-state index contributed by atoms with van der Waals surface area (Å²) in [6.45, 7) is 1.51. The Kier molecular flexibility index (Phi) is 5.89. The molecule has 2 aromatic rings. The lowest BCUT2D eigenvalue weighted by atomic mass is 9.82. The number of nitrogens with one attached hydrogen (secondary N) is 1. The lowest BCUT2D eigenvalue weighted by Crippen LogP contribution is -2.51. The van der Waals surface area contributed by atoms with Crippen LogP contribution < -0.4 is 0 Å². The SMILES string of the molecule is O=C(C1CC1)N1CCC[C@H](c2ccn[nH]2)[C@@H]1COC1CCC(c2ccccc2)CC1. The van der Waals surface area contributed by atoms with Gasteiger partial charge in [-0.15, -0.1) is 0 Å². The summed E-state index contributed by atoms with van der Waals surface area (Å²) in [6, 6.07) is 13.1. The van der Waals surface area contributed by atoms with Gasteiger partial charge in [-0.1, -0.05) is 30.3 Å². The molecule has 160 valence electrons. The Morgan fingerprint density at radius 1 is 1.03 bits per heavy atom.